The number of piperazine rings is 1. The van der Waals surface area contributed by atoms with E-state index in [2.05, 4.69) is 52.7 Å². The number of rotatable bonds is 5. The zero-order valence-electron chi connectivity index (χ0n) is 20.6. The van der Waals surface area contributed by atoms with Gasteiger partial charge in [-0.25, -0.2) is 0 Å². The minimum absolute atomic E-state index is 0.0375. The Labute approximate surface area is 215 Å². The van der Waals surface area contributed by atoms with E-state index in [1.807, 2.05) is 42.2 Å². The van der Waals surface area contributed by atoms with Crippen LogP contribution in [-0.4, -0.2) is 36.3 Å². The third-order valence-corrected chi connectivity index (χ3v) is 7.40. The number of carbonyl (C=O) groups excluding carboxylic acids is 2. The van der Waals surface area contributed by atoms with Crippen LogP contribution in [-0.2, 0) is 17.8 Å². The molecule has 0 aromatic heterocycles. The van der Waals surface area contributed by atoms with Crippen LogP contribution in [0.15, 0.2) is 72.8 Å². The van der Waals surface area contributed by atoms with Gasteiger partial charge in [-0.15, -0.1) is 0 Å². The summed E-state index contributed by atoms with van der Waals surface area (Å²) in [7, 11) is 0. The lowest BCUT2D eigenvalue weighted by molar-refractivity contribution is -0.131. The van der Waals surface area contributed by atoms with Gasteiger partial charge in [-0.2, -0.15) is 5.26 Å². The second-order valence-electron chi connectivity index (χ2n) is 9.80. The first-order valence-corrected chi connectivity index (χ1v) is 12.5. The van der Waals surface area contributed by atoms with Crippen molar-refractivity contribution in [3.05, 3.63) is 106 Å². The van der Waals surface area contributed by atoms with E-state index in [0.717, 1.165) is 51.8 Å². The van der Waals surface area contributed by atoms with Crippen LogP contribution < -0.4 is 10.2 Å². The smallest absolute Gasteiger partial charge is 0.256 e. The van der Waals surface area contributed by atoms with Crippen LogP contribution >= 0.6 is 0 Å². The van der Waals surface area contributed by atoms with Crippen molar-refractivity contribution in [2.75, 3.05) is 29.9 Å². The third kappa shape index (κ3) is 4.19. The fourth-order valence-electron chi connectivity index (χ4n) is 5.47. The number of anilines is 2. The van der Waals surface area contributed by atoms with Gasteiger partial charge in [-0.1, -0.05) is 42.5 Å². The lowest BCUT2D eigenvalue weighted by Gasteiger charge is -2.36. The molecule has 37 heavy (non-hydrogen) atoms. The Morgan fingerprint density at radius 3 is 2.51 bits per heavy atom. The number of hydrogen-bond donors (Lipinski definition) is 1. The lowest BCUT2D eigenvalue weighted by Crippen LogP contribution is -2.50. The number of amides is 2. The SMILES string of the molecule is Cc1cc(C#N)ccc1N1CCN(Cc2ccc(Cc3ccc4c5c(cccc35)C(=O)N4)cc2)C(=O)C1. The molecule has 0 atom stereocenters. The van der Waals surface area contributed by atoms with Gasteiger partial charge >= 0.3 is 0 Å². The predicted octanol–water partition coefficient (Wildman–Crippen LogP) is 5.03. The summed E-state index contributed by atoms with van der Waals surface area (Å²) in [5.41, 5.74) is 7.77. The standard InChI is InChI=1S/C31H26N4O2/c1-20-15-23(17-32)9-12-28(20)34-13-14-35(29(36)19-34)18-22-7-5-21(6-8-22)16-24-10-11-27-30-25(24)3-2-4-26(30)31(37)33-27/h2-12,15H,13-14,16,18-19H2,1H3,(H,33,37). The molecule has 0 spiro atoms. The number of carbonyl (C=O) groups is 2. The number of nitriles is 1. The molecule has 4 aromatic rings. The number of nitrogens with zero attached hydrogens (tertiary/aromatic N) is 3. The van der Waals surface area contributed by atoms with Gasteiger partial charge in [-0.05, 0) is 71.3 Å². The fraction of sp³-hybridized carbons (Fsp3) is 0.194. The average Bonchev–Trinajstić information content (AvgIpc) is 3.24. The van der Waals surface area contributed by atoms with Crippen LogP contribution in [0.2, 0.25) is 0 Å². The first-order valence-electron chi connectivity index (χ1n) is 12.5. The monoisotopic (exact) mass is 486 g/mol. The molecular formula is C31H26N4O2. The van der Waals surface area contributed by atoms with E-state index in [-0.39, 0.29) is 11.8 Å². The molecule has 0 bridgehead atoms. The van der Waals surface area contributed by atoms with Crippen molar-refractivity contribution < 1.29 is 9.59 Å². The molecule has 2 aliphatic rings. The van der Waals surface area contributed by atoms with Crippen LogP contribution in [0, 0.1) is 18.3 Å². The molecular weight excluding hydrogens is 460 g/mol. The Kier molecular flexibility index (Phi) is 5.61. The second-order valence-corrected chi connectivity index (χ2v) is 9.80. The maximum Gasteiger partial charge on any atom is 0.256 e. The van der Waals surface area contributed by atoms with Crippen molar-refractivity contribution in [3.63, 3.8) is 0 Å². The fourth-order valence-corrected chi connectivity index (χ4v) is 5.47. The molecule has 182 valence electrons. The topological polar surface area (TPSA) is 76.4 Å². The summed E-state index contributed by atoms with van der Waals surface area (Å²) in [5.74, 6) is 0.0691. The van der Waals surface area contributed by atoms with Crippen molar-refractivity contribution in [1.82, 2.24) is 4.90 Å². The first kappa shape index (κ1) is 22.8. The Hall–Kier alpha value is -4.63. The van der Waals surface area contributed by atoms with E-state index in [9.17, 15) is 9.59 Å². The predicted molar refractivity (Wildman–Crippen MR) is 145 cm³/mol. The normalized spacial score (nSPS) is 14.7. The van der Waals surface area contributed by atoms with Crippen molar-refractivity contribution in [2.45, 2.75) is 19.9 Å². The molecule has 4 aromatic carbocycles. The zero-order valence-corrected chi connectivity index (χ0v) is 20.6. The molecule has 6 nitrogen and oxygen atoms in total. The highest BCUT2D eigenvalue weighted by Crippen LogP contribution is 2.35. The highest BCUT2D eigenvalue weighted by atomic mass is 16.2. The highest BCUT2D eigenvalue weighted by molar-refractivity contribution is 6.24. The van der Waals surface area contributed by atoms with Gasteiger partial charge in [-0.3, -0.25) is 9.59 Å². The summed E-state index contributed by atoms with van der Waals surface area (Å²) in [6, 6.07) is 26.2. The second kappa shape index (κ2) is 9.11. The first-order chi connectivity index (χ1) is 18.0. The van der Waals surface area contributed by atoms with Crippen LogP contribution in [0.5, 0.6) is 0 Å². The number of aryl methyl sites for hydroxylation is 1. The minimum Gasteiger partial charge on any atom is -0.360 e. The molecule has 2 aliphatic heterocycles. The highest BCUT2D eigenvalue weighted by Gasteiger charge is 2.25. The summed E-state index contributed by atoms with van der Waals surface area (Å²) >= 11 is 0. The van der Waals surface area contributed by atoms with E-state index in [0.29, 0.717) is 25.2 Å². The molecule has 0 unspecified atom stereocenters. The lowest BCUT2D eigenvalue weighted by atomic mass is 9.95. The largest absolute Gasteiger partial charge is 0.360 e. The summed E-state index contributed by atoms with van der Waals surface area (Å²) in [5, 5.41) is 14.2. The van der Waals surface area contributed by atoms with E-state index in [4.69, 9.17) is 5.26 Å². The van der Waals surface area contributed by atoms with Gasteiger partial charge in [0.05, 0.1) is 18.2 Å². The van der Waals surface area contributed by atoms with Crippen LogP contribution in [0.3, 0.4) is 0 Å². The van der Waals surface area contributed by atoms with Gasteiger partial charge in [0, 0.05) is 42.0 Å². The third-order valence-electron chi connectivity index (χ3n) is 7.40. The zero-order chi connectivity index (χ0) is 25.5. The van der Waals surface area contributed by atoms with Crippen molar-refractivity contribution in [3.8, 4) is 6.07 Å². The number of hydrogen-bond acceptors (Lipinski definition) is 4. The van der Waals surface area contributed by atoms with E-state index >= 15 is 0 Å². The van der Waals surface area contributed by atoms with Gasteiger partial charge in [0.1, 0.15) is 0 Å². The van der Waals surface area contributed by atoms with Crippen LogP contribution in [0.4, 0.5) is 11.4 Å². The maximum absolute atomic E-state index is 12.9. The van der Waals surface area contributed by atoms with Gasteiger partial charge < -0.3 is 15.1 Å². The van der Waals surface area contributed by atoms with E-state index < -0.39 is 0 Å². The Morgan fingerprint density at radius 2 is 1.76 bits per heavy atom. The molecule has 1 N–H and O–H groups in total. The van der Waals surface area contributed by atoms with Gasteiger partial charge in [0.2, 0.25) is 5.91 Å². The van der Waals surface area contributed by atoms with Crippen molar-refractivity contribution in [2.24, 2.45) is 0 Å². The molecule has 2 heterocycles. The van der Waals surface area contributed by atoms with Crippen LogP contribution in [0.25, 0.3) is 10.8 Å². The molecule has 0 saturated carbocycles. The summed E-state index contributed by atoms with van der Waals surface area (Å²) in [4.78, 5) is 29.2. The number of benzene rings is 4. The molecule has 6 rings (SSSR count). The van der Waals surface area contributed by atoms with Crippen molar-refractivity contribution >= 4 is 34.0 Å². The Bertz CT molecular complexity index is 1600. The van der Waals surface area contributed by atoms with E-state index in [1.165, 1.54) is 11.1 Å². The molecule has 1 fully saturated rings. The maximum atomic E-state index is 12.9. The Morgan fingerprint density at radius 1 is 0.946 bits per heavy atom. The summed E-state index contributed by atoms with van der Waals surface area (Å²) in [6.45, 7) is 4.34. The molecule has 0 aliphatic carbocycles. The number of nitrogens with one attached hydrogen (secondary N) is 1. The van der Waals surface area contributed by atoms with Crippen LogP contribution in [0.1, 0.15) is 38.2 Å². The Balaban J connectivity index is 1.12. The summed E-state index contributed by atoms with van der Waals surface area (Å²) < 4.78 is 0. The van der Waals surface area contributed by atoms with Gasteiger partial charge in [0.25, 0.3) is 5.91 Å². The molecule has 6 heteroatoms. The molecule has 0 radical (unpaired) electrons. The van der Waals surface area contributed by atoms with E-state index in [1.54, 1.807) is 6.07 Å². The average molecular weight is 487 g/mol. The quantitative estimate of drug-likeness (QED) is 0.430. The minimum atomic E-state index is -0.0375. The van der Waals surface area contributed by atoms with Gasteiger partial charge in [0.15, 0.2) is 0 Å². The molecule has 1 saturated heterocycles. The molecule has 2 amide bonds. The summed E-state index contributed by atoms with van der Waals surface area (Å²) in [6.07, 6.45) is 0.774. The van der Waals surface area contributed by atoms with Crippen molar-refractivity contribution in [1.29, 1.82) is 5.26 Å².